The van der Waals surface area contributed by atoms with Crippen molar-refractivity contribution in [3.05, 3.63) is 26.4 Å². The zero-order valence-electron chi connectivity index (χ0n) is 13.6. The van der Waals surface area contributed by atoms with Gasteiger partial charge in [0.1, 0.15) is 11.9 Å². The Kier molecular flexibility index (Phi) is 5.07. The predicted molar refractivity (Wildman–Crippen MR) is 85.9 cm³/mol. The molecule has 1 aliphatic carbocycles. The molecular weight excluding hydrogens is 280 g/mol. The smallest absolute Gasteiger partial charge is 0.332 e. The Labute approximate surface area is 130 Å². The van der Waals surface area contributed by atoms with Gasteiger partial charge in [-0.3, -0.25) is 13.9 Å². The number of rotatable bonds is 5. The van der Waals surface area contributed by atoms with E-state index in [2.05, 4.69) is 5.32 Å². The molecule has 0 amide bonds. The van der Waals surface area contributed by atoms with Crippen LogP contribution in [-0.4, -0.2) is 15.2 Å². The summed E-state index contributed by atoms with van der Waals surface area (Å²) in [6, 6.07) is 2.04. The van der Waals surface area contributed by atoms with E-state index in [1.54, 1.807) is 7.05 Å². The molecule has 1 fully saturated rings. The standard InChI is InChI=1S/C16H24N4O2/c1-11(8-9-12-6-4-5-7-12)18-14-13(10-17)15(21)20(3)16(22)19(14)2/h11-12,18H,4-9H2,1-3H3. The van der Waals surface area contributed by atoms with Crippen LogP contribution >= 0.6 is 0 Å². The van der Waals surface area contributed by atoms with Gasteiger partial charge in [-0.2, -0.15) is 5.26 Å². The van der Waals surface area contributed by atoms with Gasteiger partial charge in [0, 0.05) is 20.1 Å². The van der Waals surface area contributed by atoms with Crippen LogP contribution in [0.4, 0.5) is 5.82 Å². The zero-order chi connectivity index (χ0) is 16.3. The summed E-state index contributed by atoms with van der Waals surface area (Å²) < 4.78 is 2.30. The van der Waals surface area contributed by atoms with Crippen molar-refractivity contribution in [3.8, 4) is 6.07 Å². The average molecular weight is 304 g/mol. The molecule has 6 nitrogen and oxygen atoms in total. The van der Waals surface area contributed by atoms with Gasteiger partial charge in [-0.15, -0.1) is 0 Å². The van der Waals surface area contributed by atoms with E-state index in [9.17, 15) is 14.9 Å². The highest BCUT2D eigenvalue weighted by molar-refractivity contribution is 5.51. The molecule has 0 saturated heterocycles. The summed E-state index contributed by atoms with van der Waals surface area (Å²) in [7, 11) is 2.97. The molecule has 0 aliphatic heterocycles. The van der Waals surface area contributed by atoms with Crippen LogP contribution in [0, 0.1) is 17.2 Å². The van der Waals surface area contributed by atoms with E-state index in [4.69, 9.17) is 0 Å². The quantitative estimate of drug-likeness (QED) is 0.898. The molecule has 6 heteroatoms. The molecule has 0 aromatic carbocycles. The molecule has 1 heterocycles. The third-order valence-corrected chi connectivity index (χ3v) is 4.64. The maximum Gasteiger partial charge on any atom is 0.332 e. The molecule has 1 atom stereocenters. The van der Waals surface area contributed by atoms with Crippen LogP contribution < -0.4 is 16.6 Å². The van der Waals surface area contributed by atoms with Crippen LogP contribution in [0.2, 0.25) is 0 Å². The van der Waals surface area contributed by atoms with Crippen LogP contribution in [0.1, 0.15) is 51.0 Å². The SMILES string of the molecule is CC(CCC1CCCC1)Nc1c(C#N)c(=O)n(C)c(=O)n1C. The Morgan fingerprint density at radius 3 is 2.50 bits per heavy atom. The van der Waals surface area contributed by atoms with E-state index >= 15 is 0 Å². The molecule has 0 bridgehead atoms. The van der Waals surface area contributed by atoms with Crippen LogP contribution in [0.3, 0.4) is 0 Å². The molecule has 22 heavy (non-hydrogen) atoms. The molecule has 2 rings (SSSR count). The minimum Gasteiger partial charge on any atom is -0.368 e. The second-order valence-electron chi connectivity index (χ2n) is 6.31. The minimum atomic E-state index is -0.545. The minimum absolute atomic E-state index is 0.00248. The lowest BCUT2D eigenvalue weighted by Crippen LogP contribution is -2.40. The Balaban J connectivity index is 2.16. The van der Waals surface area contributed by atoms with Crippen molar-refractivity contribution in [3.63, 3.8) is 0 Å². The monoisotopic (exact) mass is 304 g/mol. The fourth-order valence-electron chi connectivity index (χ4n) is 3.20. The number of anilines is 1. The van der Waals surface area contributed by atoms with Gasteiger partial charge in [0.2, 0.25) is 0 Å². The summed E-state index contributed by atoms with van der Waals surface area (Å²) in [6.45, 7) is 2.03. The number of nitrogens with one attached hydrogen (secondary N) is 1. The number of nitrogens with zero attached hydrogens (tertiary/aromatic N) is 3. The van der Waals surface area contributed by atoms with Gasteiger partial charge in [-0.25, -0.2) is 4.79 Å². The highest BCUT2D eigenvalue weighted by Crippen LogP contribution is 2.29. The molecule has 1 aromatic rings. The van der Waals surface area contributed by atoms with Crippen LogP contribution in [0.15, 0.2) is 9.59 Å². The van der Waals surface area contributed by atoms with Crippen molar-refractivity contribution in [2.75, 3.05) is 5.32 Å². The fourth-order valence-corrected chi connectivity index (χ4v) is 3.20. The first-order chi connectivity index (χ1) is 10.5. The third-order valence-electron chi connectivity index (χ3n) is 4.64. The van der Waals surface area contributed by atoms with Gasteiger partial charge >= 0.3 is 5.69 Å². The van der Waals surface area contributed by atoms with Gasteiger partial charge in [0.05, 0.1) is 0 Å². The Morgan fingerprint density at radius 1 is 1.27 bits per heavy atom. The predicted octanol–water partition coefficient (Wildman–Crippen LogP) is 1.73. The molecule has 0 radical (unpaired) electrons. The van der Waals surface area contributed by atoms with Crippen molar-refractivity contribution >= 4 is 5.82 Å². The summed E-state index contributed by atoms with van der Waals surface area (Å²) in [4.78, 5) is 24.0. The highest BCUT2D eigenvalue weighted by atomic mass is 16.2. The molecule has 120 valence electrons. The van der Waals surface area contributed by atoms with E-state index in [1.807, 2.05) is 13.0 Å². The zero-order valence-corrected chi connectivity index (χ0v) is 13.6. The summed E-state index contributed by atoms with van der Waals surface area (Å²) in [5, 5.41) is 12.4. The Hall–Kier alpha value is -2.03. The maximum atomic E-state index is 12.0. The number of hydrogen-bond donors (Lipinski definition) is 1. The lowest BCUT2D eigenvalue weighted by Gasteiger charge is -2.20. The molecule has 1 saturated carbocycles. The van der Waals surface area contributed by atoms with Crippen LogP contribution in [-0.2, 0) is 14.1 Å². The number of nitriles is 1. The van der Waals surface area contributed by atoms with E-state index in [-0.39, 0.29) is 11.6 Å². The van der Waals surface area contributed by atoms with Crippen molar-refractivity contribution in [2.24, 2.45) is 20.0 Å². The average Bonchev–Trinajstić information content (AvgIpc) is 3.02. The van der Waals surface area contributed by atoms with Gasteiger partial charge in [-0.05, 0) is 25.7 Å². The first-order valence-corrected chi connectivity index (χ1v) is 7.92. The molecule has 1 N–H and O–H groups in total. The summed E-state index contributed by atoms with van der Waals surface area (Å²) >= 11 is 0. The van der Waals surface area contributed by atoms with Gasteiger partial charge < -0.3 is 5.32 Å². The van der Waals surface area contributed by atoms with Gasteiger partial charge in [0.25, 0.3) is 5.56 Å². The van der Waals surface area contributed by atoms with Crippen LogP contribution in [0.25, 0.3) is 0 Å². The van der Waals surface area contributed by atoms with Gasteiger partial charge in [0.15, 0.2) is 5.56 Å². The van der Waals surface area contributed by atoms with Crippen molar-refractivity contribution in [1.82, 2.24) is 9.13 Å². The molecular formula is C16H24N4O2. The number of hydrogen-bond acceptors (Lipinski definition) is 4. The third kappa shape index (κ3) is 3.24. The van der Waals surface area contributed by atoms with E-state index in [1.165, 1.54) is 37.3 Å². The maximum absolute atomic E-state index is 12.0. The highest BCUT2D eigenvalue weighted by Gasteiger charge is 2.19. The summed E-state index contributed by atoms with van der Waals surface area (Å²) in [6.07, 6.45) is 7.39. The van der Waals surface area contributed by atoms with Crippen LogP contribution in [0.5, 0.6) is 0 Å². The molecule has 0 spiro atoms. The van der Waals surface area contributed by atoms with Crippen molar-refractivity contribution in [2.45, 2.75) is 51.5 Å². The van der Waals surface area contributed by atoms with E-state index in [0.717, 1.165) is 23.3 Å². The van der Waals surface area contributed by atoms with E-state index < -0.39 is 11.2 Å². The fraction of sp³-hybridized carbons (Fsp3) is 0.688. The topological polar surface area (TPSA) is 79.8 Å². The lowest BCUT2D eigenvalue weighted by molar-refractivity contribution is 0.466. The summed E-state index contributed by atoms with van der Waals surface area (Å²) in [5.41, 5.74) is -0.970. The number of aromatic nitrogens is 2. The second kappa shape index (κ2) is 6.82. The first kappa shape index (κ1) is 16.3. The molecule has 1 unspecified atom stereocenters. The van der Waals surface area contributed by atoms with Crippen molar-refractivity contribution in [1.29, 1.82) is 5.26 Å². The van der Waals surface area contributed by atoms with Gasteiger partial charge in [-0.1, -0.05) is 25.7 Å². The first-order valence-electron chi connectivity index (χ1n) is 7.92. The lowest BCUT2D eigenvalue weighted by atomic mass is 9.99. The normalized spacial score (nSPS) is 16.5. The largest absolute Gasteiger partial charge is 0.368 e. The molecule has 1 aliphatic rings. The second-order valence-corrected chi connectivity index (χ2v) is 6.31. The summed E-state index contributed by atoms with van der Waals surface area (Å²) in [5.74, 6) is 1.13. The Bertz CT molecular complexity index is 690. The van der Waals surface area contributed by atoms with E-state index in [0.29, 0.717) is 5.82 Å². The molecule has 1 aromatic heterocycles. The Morgan fingerprint density at radius 2 is 1.91 bits per heavy atom. The van der Waals surface area contributed by atoms with Crippen molar-refractivity contribution < 1.29 is 0 Å².